The molecule has 0 saturated carbocycles. The molecule has 198 valence electrons. The third-order valence-corrected chi connectivity index (χ3v) is 6.63. The van der Waals surface area contributed by atoms with Crippen molar-refractivity contribution in [1.82, 2.24) is 9.80 Å². The van der Waals surface area contributed by atoms with Crippen molar-refractivity contribution < 1.29 is 24.2 Å². The molecule has 3 aromatic rings. The van der Waals surface area contributed by atoms with E-state index in [2.05, 4.69) is 0 Å². The second-order valence-electron chi connectivity index (χ2n) is 9.81. The highest BCUT2D eigenvalue weighted by Crippen LogP contribution is 2.42. The lowest BCUT2D eigenvalue weighted by atomic mass is 9.93. The predicted octanol–water partition coefficient (Wildman–Crippen LogP) is 4.87. The van der Waals surface area contributed by atoms with Crippen LogP contribution in [0.15, 0.2) is 72.3 Å². The molecule has 0 aromatic heterocycles. The van der Waals surface area contributed by atoms with Crippen molar-refractivity contribution in [2.24, 2.45) is 0 Å². The lowest BCUT2D eigenvalue weighted by Gasteiger charge is -2.27. The number of ether oxygens (including phenoxy) is 2. The molecule has 1 heterocycles. The van der Waals surface area contributed by atoms with Gasteiger partial charge in [0.2, 0.25) is 0 Å². The number of benzene rings is 3. The number of hydrogen-bond acceptors (Lipinski definition) is 6. The van der Waals surface area contributed by atoms with E-state index in [1.165, 1.54) is 12.0 Å². The lowest BCUT2D eigenvalue weighted by Crippen LogP contribution is -2.35. The van der Waals surface area contributed by atoms with Crippen LogP contribution in [0.25, 0.3) is 5.76 Å². The zero-order chi connectivity index (χ0) is 27.4. The number of carbonyl (C=O) groups excluding carboxylic acids is 2. The van der Waals surface area contributed by atoms with Crippen LogP contribution in [0.5, 0.6) is 11.5 Å². The number of aryl methyl sites for hydroxylation is 2. The minimum absolute atomic E-state index is 0.0391. The maximum atomic E-state index is 13.4. The first-order valence-corrected chi connectivity index (χ1v) is 12.6. The Bertz CT molecular complexity index is 1360. The number of likely N-dealkylation sites (tertiary alicyclic amines) is 1. The van der Waals surface area contributed by atoms with E-state index < -0.39 is 17.7 Å². The third kappa shape index (κ3) is 5.58. The van der Waals surface area contributed by atoms with E-state index in [9.17, 15) is 14.7 Å². The molecule has 1 N–H and O–H groups in total. The van der Waals surface area contributed by atoms with Gasteiger partial charge in [-0.05, 0) is 68.4 Å². The quantitative estimate of drug-likeness (QED) is 0.249. The summed E-state index contributed by atoms with van der Waals surface area (Å²) in [6, 6.07) is 20.1. The van der Waals surface area contributed by atoms with Crippen LogP contribution in [0.2, 0.25) is 0 Å². The van der Waals surface area contributed by atoms with Gasteiger partial charge in [0.1, 0.15) is 23.9 Å². The number of likely N-dealkylation sites (N-methyl/N-ethyl adjacent to an activating group) is 1. The van der Waals surface area contributed by atoms with Crippen molar-refractivity contribution in [2.75, 3.05) is 34.3 Å². The van der Waals surface area contributed by atoms with E-state index in [-0.39, 0.29) is 11.3 Å². The molecule has 0 spiro atoms. The molecule has 4 rings (SSSR count). The van der Waals surface area contributed by atoms with E-state index in [0.29, 0.717) is 42.3 Å². The second kappa shape index (κ2) is 11.5. The number of nitrogens with zero attached hydrogens (tertiary/aromatic N) is 2. The fourth-order valence-electron chi connectivity index (χ4n) is 4.83. The molecule has 3 aromatic carbocycles. The summed E-state index contributed by atoms with van der Waals surface area (Å²) in [4.78, 5) is 30.2. The molecule has 0 bridgehead atoms. The Morgan fingerprint density at radius 2 is 1.74 bits per heavy atom. The number of hydrogen-bond donors (Lipinski definition) is 1. The van der Waals surface area contributed by atoms with Crippen LogP contribution in [0, 0.1) is 13.8 Å². The van der Waals surface area contributed by atoms with Gasteiger partial charge in [-0.15, -0.1) is 0 Å². The highest BCUT2D eigenvalue weighted by molar-refractivity contribution is 6.46. The maximum Gasteiger partial charge on any atom is 0.295 e. The lowest BCUT2D eigenvalue weighted by molar-refractivity contribution is -0.140. The van der Waals surface area contributed by atoms with Crippen LogP contribution in [0.1, 0.15) is 33.9 Å². The standard InChI is InChI=1S/C31H34N2O5/c1-20-16-21(2)30(37-5)25(17-20)28(34)26-27(33(15-14-32(3)4)31(36)29(26)35)23-12-9-13-24(18-23)38-19-22-10-7-6-8-11-22/h6-13,16-18,27,34H,14-15,19H2,1-5H3/b28-26+. The Labute approximate surface area is 223 Å². The SMILES string of the molecule is COc1c(C)cc(C)cc1/C(O)=C1\C(=O)C(=O)N(CCN(C)C)C1c1cccc(OCc2ccccc2)c1. The molecule has 38 heavy (non-hydrogen) atoms. The highest BCUT2D eigenvalue weighted by Gasteiger charge is 2.46. The maximum absolute atomic E-state index is 13.4. The first-order chi connectivity index (χ1) is 18.2. The minimum atomic E-state index is -0.777. The number of carbonyl (C=O) groups is 2. The summed E-state index contributed by atoms with van der Waals surface area (Å²) in [5, 5.41) is 11.6. The Morgan fingerprint density at radius 3 is 2.42 bits per heavy atom. The van der Waals surface area contributed by atoms with E-state index >= 15 is 0 Å². The van der Waals surface area contributed by atoms with Crippen molar-refractivity contribution in [1.29, 1.82) is 0 Å². The molecule has 1 fully saturated rings. The number of aliphatic hydroxyl groups excluding tert-OH is 1. The summed E-state index contributed by atoms with van der Waals surface area (Å²) >= 11 is 0. The molecule has 0 aliphatic carbocycles. The third-order valence-electron chi connectivity index (χ3n) is 6.63. The van der Waals surface area contributed by atoms with Gasteiger partial charge < -0.3 is 24.4 Å². The summed E-state index contributed by atoms with van der Waals surface area (Å²) in [6.07, 6.45) is 0. The van der Waals surface area contributed by atoms with Crippen LogP contribution in [0.3, 0.4) is 0 Å². The highest BCUT2D eigenvalue weighted by atomic mass is 16.5. The molecule has 1 unspecified atom stereocenters. The van der Waals surface area contributed by atoms with Crippen LogP contribution in [-0.2, 0) is 16.2 Å². The van der Waals surface area contributed by atoms with Crippen molar-refractivity contribution in [3.8, 4) is 11.5 Å². The molecule has 1 atom stereocenters. The number of Topliss-reactive ketones (excluding diaryl/α,β-unsaturated/α-hetero) is 1. The summed E-state index contributed by atoms with van der Waals surface area (Å²) in [7, 11) is 5.34. The zero-order valence-corrected chi connectivity index (χ0v) is 22.5. The van der Waals surface area contributed by atoms with Gasteiger partial charge in [-0.3, -0.25) is 9.59 Å². The molecule has 1 amide bonds. The Hall–Kier alpha value is -4.10. The molecule has 1 aliphatic rings. The predicted molar refractivity (Wildman–Crippen MR) is 147 cm³/mol. The average molecular weight is 515 g/mol. The monoisotopic (exact) mass is 514 g/mol. The first-order valence-electron chi connectivity index (χ1n) is 12.6. The topological polar surface area (TPSA) is 79.3 Å². The number of methoxy groups -OCH3 is 1. The smallest absolute Gasteiger partial charge is 0.295 e. The molecule has 1 saturated heterocycles. The fraction of sp³-hybridized carbons (Fsp3) is 0.290. The van der Waals surface area contributed by atoms with Crippen molar-refractivity contribution in [3.05, 3.63) is 100 Å². The summed E-state index contributed by atoms with van der Waals surface area (Å²) in [5.74, 6) is -0.541. The van der Waals surface area contributed by atoms with Crippen molar-refractivity contribution in [2.45, 2.75) is 26.5 Å². The Kier molecular flexibility index (Phi) is 8.17. The Balaban J connectivity index is 1.81. The van der Waals surface area contributed by atoms with E-state index in [0.717, 1.165) is 16.7 Å². The van der Waals surface area contributed by atoms with Gasteiger partial charge in [-0.1, -0.05) is 48.5 Å². The fourth-order valence-corrected chi connectivity index (χ4v) is 4.83. The molecular formula is C31H34N2O5. The second-order valence-corrected chi connectivity index (χ2v) is 9.81. The molecule has 0 radical (unpaired) electrons. The van der Waals surface area contributed by atoms with E-state index in [1.807, 2.05) is 93.5 Å². The molecular weight excluding hydrogens is 480 g/mol. The number of aliphatic hydroxyl groups is 1. The first kappa shape index (κ1) is 26.9. The largest absolute Gasteiger partial charge is 0.507 e. The van der Waals surface area contributed by atoms with Gasteiger partial charge in [0.25, 0.3) is 11.7 Å². The van der Waals surface area contributed by atoms with Gasteiger partial charge in [0.15, 0.2) is 0 Å². The van der Waals surface area contributed by atoms with Crippen molar-refractivity contribution >= 4 is 17.4 Å². The summed E-state index contributed by atoms with van der Waals surface area (Å²) < 4.78 is 11.6. The van der Waals surface area contributed by atoms with Gasteiger partial charge >= 0.3 is 0 Å². The van der Waals surface area contributed by atoms with Gasteiger partial charge in [-0.25, -0.2) is 0 Å². The molecule has 7 heteroatoms. The van der Waals surface area contributed by atoms with Gasteiger partial charge in [0.05, 0.1) is 24.3 Å². The van der Waals surface area contributed by atoms with E-state index in [1.54, 1.807) is 6.07 Å². The van der Waals surface area contributed by atoms with Crippen LogP contribution in [0.4, 0.5) is 0 Å². The van der Waals surface area contributed by atoms with E-state index in [4.69, 9.17) is 9.47 Å². The average Bonchev–Trinajstić information content (AvgIpc) is 3.15. The molecule has 1 aliphatic heterocycles. The van der Waals surface area contributed by atoms with Gasteiger partial charge in [0, 0.05) is 13.1 Å². The van der Waals surface area contributed by atoms with Crippen molar-refractivity contribution in [3.63, 3.8) is 0 Å². The Morgan fingerprint density at radius 1 is 1.00 bits per heavy atom. The molecule has 7 nitrogen and oxygen atoms in total. The number of rotatable bonds is 9. The van der Waals surface area contributed by atoms with Crippen LogP contribution >= 0.6 is 0 Å². The minimum Gasteiger partial charge on any atom is -0.507 e. The summed E-state index contributed by atoms with van der Waals surface area (Å²) in [5.41, 5.74) is 3.85. The zero-order valence-electron chi connectivity index (χ0n) is 22.5. The van der Waals surface area contributed by atoms with Gasteiger partial charge in [-0.2, -0.15) is 0 Å². The van der Waals surface area contributed by atoms with Crippen LogP contribution < -0.4 is 9.47 Å². The number of ketones is 1. The van der Waals surface area contributed by atoms with Crippen LogP contribution in [-0.4, -0.2) is 60.9 Å². The normalized spacial score (nSPS) is 16.8. The number of amides is 1. The summed E-state index contributed by atoms with van der Waals surface area (Å²) in [6.45, 7) is 5.04.